The van der Waals surface area contributed by atoms with Gasteiger partial charge in [0.1, 0.15) is 22.3 Å². The number of rotatable bonds is 4. The first kappa shape index (κ1) is 25.9. The summed E-state index contributed by atoms with van der Waals surface area (Å²) >= 11 is 3.54. The van der Waals surface area contributed by atoms with Crippen molar-refractivity contribution in [3.05, 3.63) is 138 Å². The van der Waals surface area contributed by atoms with Gasteiger partial charge >= 0.3 is 0 Å². The highest BCUT2D eigenvalue weighted by Gasteiger charge is 2.16. The van der Waals surface area contributed by atoms with Gasteiger partial charge in [0.05, 0.1) is 0 Å². The molecule has 6 aromatic carbocycles. The van der Waals surface area contributed by atoms with Crippen molar-refractivity contribution in [2.45, 2.75) is 0 Å². The number of furan rings is 2. The van der Waals surface area contributed by atoms with E-state index in [0.717, 1.165) is 76.2 Å². The molecule has 3 aromatic heterocycles. The Morgan fingerprint density at radius 3 is 1.36 bits per heavy atom. The van der Waals surface area contributed by atoms with Gasteiger partial charge in [0, 0.05) is 42.7 Å². The van der Waals surface area contributed by atoms with Crippen molar-refractivity contribution in [3.8, 4) is 45.3 Å². The molecule has 0 saturated heterocycles. The lowest BCUT2D eigenvalue weighted by molar-refractivity contribution is 0.668. The van der Waals surface area contributed by atoms with Gasteiger partial charge in [-0.3, -0.25) is 0 Å². The van der Waals surface area contributed by atoms with E-state index in [1.807, 2.05) is 84.9 Å². The second kappa shape index (κ2) is 10.3. The summed E-state index contributed by atoms with van der Waals surface area (Å²) in [4.78, 5) is 15.0. The Bertz CT molecular complexity index is 2430. The van der Waals surface area contributed by atoms with Crippen LogP contribution in [0.1, 0.15) is 0 Å². The lowest BCUT2D eigenvalue weighted by Gasteiger charge is -2.10. The lowest BCUT2D eigenvalue weighted by Crippen LogP contribution is -2.00. The van der Waals surface area contributed by atoms with Crippen LogP contribution in [0.25, 0.3) is 89.2 Å². The molecule has 3 heterocycles. The van der Waals surface area contributed by atoms with E-state index in [1.165, 1.54) is 0 Å². The predicted molar refractivity (Wildman–Crippen MR) is 184 cm³/mol. The molecule has 0 radical (unpaired) electrons. The number of para-hydroxylation sites is 2. The fraction of sp³-hybridized carbons (Fsp3) is 0. The van der Waals surface area contributed by atoms with Gasteiger partial charge in [-0.1, -0.05) is 94.8 Å². The van der Waals surface area contributed by atoms with E-state index in [9.17, 15) is 0 Å². The summed E-state index contributed by atoms with van der Waals surface area (Å²) in [6.45, 7) is 0. The molecule has 5 nitrogen and oxygen atoms in total. The first-order chi connectivity index (χ1) is 22.2. The second-order valence-electron chi connectivity index (χ2n) is 11.0. The zero-order chi connectivity index (χ0) is 29.9. The Kier molecular flexibility index (Phi) is 5.89. The molecule has 0 aliphatic heterocycles. The highest BCUT2D eigenvalue weighted by atomic mass is 79.9. The highest BCUT2D eigenvalue weighted by Crippen LogP contribution is 2.35. The third-order valence-corrected chi connectivity index (χ3v) is 8.74. The molecular weight excluding hydrogens is 622 g/mol. The fourth-order valence-corrected chi connectivity index (χ4v) is 6.24. The van der Waals surface area contributed by atoms with E-state index in [1.54, 1.807) is 0 Å². The van der Waals surface area contributed by atoms with Crippen LogP contribution in [0.3, 0.4) is 0 Å². The third-order valence-electron chi connectivity index (χ3n) is 8.21. The molecular formula is C39H22BrN3O2. The number of hydrogen-bond donors (Lipinski definition) is 0. The third kappa shape index (κ3) is 4.50. The van der Waals surface area contributed by atoms with Gasteiger partial charge in [-0.15, -0.1) is 0 Å². The topological polar surface area (TPSA) is 65.0 Å². The SMILES string of the molecule is Brc1ccc(-c2cccc(-c3nc(-c4ccc5c(c4)oc4ccccc45)nc(-c4ccc5c(c4)oc4ccccc45)n3)c2)cc1. The fourth-order valence-electron chi connectivity index (χ4n) is 5.97. The Hall–Kier alpha value is -5.59. The molecule has 9 rings (SSSR count). The van der Waals surface area contributed by atoms with Crippen LogP contribution in [0, 0.1) is 0 Å². The minimum absolute atomic E-state index is 0.566. The van der Waals surface area contributed by atoms with Crippen LogP contribution in [0.2, 0.25) is 0 Å². The number of benzene rings is 6. The van der Waals surface area contributed by atoms with Crippen LogP contribution in [0.15, 0.2) is 147 Å². The summed E-state index contributed by atoms with van der Waals surface area (Å²) < 4.78 is 13.5. The van der Waals surface area contributed by atoms with Gasteiger partial charge in [-0.25, -0.2) is 15.0 Å². The van der Waals surface area contributed by atoms with Crippen LogP contribution in [-0.2, 0) is 0 Å². The molecule has 6 heteroatoms. The van der Waals surface area contributed by atoms with E-state index in [2.05, 4.69) is 64.5 Å². The van der Waals surface area contributed by atoms with E-state index in [0.29, 0.717) is 17.5 Å². The van der Waals surface area contributed by atoms with Crippen molar-refractivity contribution in [2.24, 2.45) is 0 Å². The molecule has 45 heavy (non-hydrogen) atoms. The monoisotopic (exact) mass is 643 g/mol. The van der Waals surface area contributed by atoms with Crippen LogP contribution in [0.5, 0.6) is 0 Å². The van der Waals surface area contributed by atoms with Crippen molar-refractivity contribution in [3.63, 3.8) is 0 Å². The van der Waals surface area contributed by atoms with E-state index < -0.39 is 0 Å². The predicted octanol–water partition coefficient (Wildman–Crippen LogP) is 11.1. The van der Waals surface area contributed by atoms with Crippen molar-refractivity contribution in [1.29, 1.82) is 0 Å². The lowest BCUT2D eigenvalue weighted by atomic mass is 10.0. The summed E-state index contributed by atoms with van der Waals surface area (Å²) in [5.41, 5.74) is 8.07. The quantitative estimate of drug-likeness (QED) is 0.191. The molecule has 0 atom stereocenters. The average Bonchev–Trinajstić information content (AvgIpc) is 3.66. The maximum absolute atomic E-state index is 6.21. The number of nitrogens with zero attached hydrogens (tertiary/aromatic N) is 3. The Morgan fingerprint density at radius 2 is 0.800 bits per heavy atom. The molecule has 212 valence electrons. The minimum Gasteiger partial charge on any atom is -0.456 e. The molecule has 0 unspecified atom stereocenters. The van der Waals surface area contributed by atoms with Crippen LogP contribution < -0.4 is 0 Å². The van der Waals surface area contributed by atoms with E-state index >= 15 is 0 Å². The zero-order valence-corrected chi connectivity index (χ0v) is 25.3. The summed E-state index contributed by atoms with van der Waals surface area (Å²) in [5, 5.41) is 4.28. The molecule has 0 aliphatic rings. The van der Waals surface area contributed by atoms with Crippen molar-refractivity contribution >= 4 is 59.8 Å². The van der Waals surface area contributed by atoms with Crippen molar-refractivity contribution < 1.29 is 8.83 Å². The van der Waals surface area contributed by atoms with Gasteiger partial charge in [-0.05, 0) is 65.7 Å². The first-order valence-corrected chi connectivity index (χ1v) is 15.4. The highest BCUT2D eigenvalue weighted by molar-refractivity contribution is 9.10. The standard InChI is InChI=1S/C39H22BrN3O2/c40-28-16-12-23(13-17-28)24-6-5-7-25(20-24)37-41-38(26-14-18-31-29-8-1-3-10-33(29)44-35(31)21-26)43-39(42-37)27-15-19-32-30-9-2-4-11-34(30)45-36(32)22-27/h1-22H. The number of halogens is 1. The maximum atomic E-state index is 6.21. The molecule has 0 bridgehead atoms. The van der Waals surface area contributed by atoms with E-state index in [-0.39, 0.29) is 0 Å². The summed E-state index contributed by atoms with van der Waals surface area (Å²) in [6.07, 6.45) is 0. The second-order valence-corrected chi connectivity index (χ2v) is 11.9. The Labute approximate surface area is 266 Å². The first-order valence-electron chi connectivity index (χ1n) is 14.6. The number of fused-ring (bicyclic) bond motifs is 6. The molecule has 0 amide bonds. The van der Waals surface area contributed by atoms with Gasteiger partial charge in [0.25, 0.3) is 0 Å². The normalized spacial score (nSPS) is 11.7. The number of aromatic nitrogens is 3. The molecule has 0 N–H and O–H groups in total. The van der Waals surface area contributed by atoms with Gasteiger partial charge in [0.2, 0.25) is 0 Å². The van der Waals surface area contributed by atoms with Crippen LogP contribution in [-0.4, -0.2) is 15.0 Å². The summed E-state index contributed by atoms with van der Waals surface area (Å²) in [5.74, 6) is 1.72. The molecule has 0 saturated carbocycles. The zero-order valence-electron chi connectivity index (χ0n) is 23.7. The Balaban J connectivity index is 1.23. The number of hydrogen-bond acceptors (Lipinski definition) is 5. The average molecular weight is 645 g/mol. The van der Waals surface area contributed by atoms with Crippen LogP contribution in [0.4, 0.5) is 0 Å². The minimum atomic E-state index is 0.566. The molecule has 0 spiro atoms. The maximum Gasteiger partial charge on any atom is 0.164 e. The van der Waals surface area contributed by atoms with Crippen LogP contribution >= 0.6 is 15.9 Å². The van der Waals surface area contributed by atoms with Crippen molar-refractivity contribution in [1.82, 2.24) is 15.0 Å². The van der Waals surface area contributed by atoms with Gasteiger partial charge in [0.15, 0.2) is 17.5 Å². The van der Waals surface area contributed by atoms with Gasteiger partial charge < -0.3 is 8.83 Å². The van der Waals surface area contributed by atoms with E-state index in [4.69, 9.17) is 23.8 Å². The summed E-state index contributed by atoms with van der Waals surface area (Å²) in [6, 6.07) is 45.0. The summed E-state index contributed by atoms with van der Waals surface area (Å²) in [7, 11) is 0. The molecule has 9 aromatic rings. The van der Waals surface area contributed by atoms with Crippen molar-refractivity contribution in [2.75, 3.05) is 0 Å². The largest absolute Gasteiger partial charge is 0.456 e. The Morgan fingerprint density at radius 1 is 0.356 bits per heavy atom. The smallest absolute Gasteiger partial charge is 0.164 e. The van der Waals surface area contributed by atoms with Gasteiger partial charge in [-0.2, -0.15) is 0 Å². The molecule has 0 aliphatic carbocycles. The molecule has 0 fully saturated rings.